The molecule has 1 fully saturated rings. The molecule has 0 heterocycles. The van der Waals surface area contributed by atoms with E-state index in [4.69, 9.17) is 9.84 Å². The molecule has 3 nitrogen and oxygen atoms in total. The molecule has 98 valence electrons. The fourth-order valence-corrected chi connectivity index (χ4v) is 1.91. The van der Waals surface area contributed by atoms with E-state index < -0.39 is 17.7 Å². The summed E-state index contributed by atoms with van der Waals surface area (Å²) in [7, 11) is 0. The van der Waals surface area contributed by atoms with E-state index >= 15 is 0 Å². The standard InChI is InChI=1S/C14H17FO3/c1-9(14(16)17)11-5-6-13(12(15)7-11)18-8-10-3-2-4-10/h5-7,9-10H,2-4,8H2,1H3,(H,16,17). The van der Waals surface area contributed by atoms with Crippen LogP contribution in [0.5, 0.6) is 5.75 Å². The lowest BCUT2D eigenvalue weighted by molar-refractivity contribution is -0.138. The van der Waals surface area contributed by atoms with Crippen molar-refractivity contribution in [1.82, 2.24) is 0 Å². The molecular formula is C14H17FO3. The van der Waals surface area contributed by atoms with Crippen LogP contribution in [0, 0.1) is 11.7 Å². The van der Waals surface area contributed by atoms with Crippen molar-refractivity contribution in [2.45, 2.75) is 32.1 Å². The third-order valence-electron chi connectivity index (χ3n) is 3.53. The highest BCUT2D eigenvalue weighted by Gasteiger charge is 2.19. The molecule has 1 N–H and O–H groups in total. The molecule has 1 aliphatic carbocycles. The monoisotopic (exact) mass is 252 g/mol. The molecule has 1 aromatic rings. The minimum Gasteiger partial charge on any atom is -0.490 e. The van der Waals surface area contributed by atoms with Crippen LogP contribution < -0.4 is 4.74 Å². The van der Waals surface area contributed by atoms with Gasteiger partial charge < -0.3 is 9.84 Å². The van der Waals surface area contributed by atoms with Gasteiger partial charge in [0, 0.05) is 0 Å². The largest absolute Gasteiger partial charge is 0.490 e. The van der Waals surface area contributed by atoms with Crippen LogP contribution in [0.15, 0.2) is 18.2 Å². The minimum atomic E-state index is -0.961. The van der Waals surface area contributed by atoms with Gasteiger partial charge in [0.2, 0.25) is 0 Å². The zero-order chi connectivity index (χ0) is 13.1. The third-order valence-corrected chi connectivity index (χ3v) is 3.53. The van der Waals surface area contributed by atoms with Crippen molar-refractivity contribution in [3.05, 3.63) is 29.6 Å². The molecule has 0 amide bonds. The number of carboxylic acid groups (broad SMARTS) is 1. The number of ether oxygens (including phenoxy) is 1. The molecule has 1 aromatic carbocycles. The molecule has 0 bridgehead atoms. The van der Waals surface area contributed by atoms with Crippen molar-refractivity contribution in [3.8, 4) is 5.75 Å². The summed E-state index contributed by atoms with van der Waals surface area (Å²) in [4.78, 5) is 10.8. The molecule has 0 aliphatic heterocycles. The Morgan fingerprint density at radius 3 is 2.78 bits per heavy atom. The van der Waals surface area contributed by atoms with Crippen LogP contribution in [0.25, 0.3) is 0 Å². The normalized spacial score (nSPS) is 17.0. The van der Waals surface area contributed by atoms with Crippen molar-refractivity contribution in [2.75, 3.05) is 6.61 Å². The molecule has 0 aromatic heterocycles. The maximum Gasteiger partial charge on any atom is 0.310 e. The summed E-state index contributed by atoms with van der Waals surface area (Å²) in [5.41, 5.74) is 0.455. The number of benzene rings is 1. The predicted molar refractivity (Wildman–Crippen MR) is 65.3 cm³/mol. The maximum absolute atomic E-state index is 13.7. The second-order valence-corrected chi connectivity index (χ2v) is 4.86. The summed E-state index contributed by atoms with van der Waals surface area (Å²) in [5.74, 6) is -1.40. The summed E-state index contributed by atoms with van der Waals surface area (Å²) in [6.45, 7) is 2.08. The third kappa shape index (κ3) is 2.81. The van der Waals surface area contributed by atoms with Crippen LogP contribution in [-0.2, 0) is 4.79 Å². The summed E-state index contributed by atoms with van der Waals surface area (Å²) < 4.78 is 19.1. The lowest BCUT2D eigenvalue weighted by Gasteiger charge is -2.25. The predicted octanol–water partition coefficient (Wildman–Crippen LogP) is 3.19. The van der Waals surface area contributed by atoms with Gasteiger partial charge in [-0.15, -0.1) is 0 Å². The fraction of sp³-hybridized carbons (Fsp3) is 0.500. The Bertz CT molecular complexity index is 441. The molecule has 1 aliphatic rings. The number of hydrogen-bond donors (Lipinski definition) is 1. The highest BCUT2D eigenvalue weighted by Crippen LogP contribution is 2.28. The molecule has 0 saturated heterocycles. The zero-order valence-electron chi connectivity index (χ0n) is 10.4. The molecule has 1 saturated carbocycles. The second-order valence-electron chi connectivity index (χ2n) is 4.86. The summed E-state index contributed by atoms with van der Waals surface area (Å²) in [6.07, 6.45) is 3.52. The second kappa shape index (κ2) is 5.38. The average molecular weight is 252 g/mol. The smallest absolute Gasteiger partial charge is 0.310 e. The number of aliphatic carboxylic acids is 1. The molecule has 1 atom stereocenters. The van der Waals surface area contributed by atoms with Crippen molar-refractivity contribution in [1.29, 1.82) is 0 Å². The fourth-order valence-electron chi connectivity index (χ4n) is 1.91. The highest BCUT2D eigenvalue weighted by atomic mass is 19.1. The van der Waals surface area contributed by atoms with Crippen LogP contribution in [-0.4, -0.2) is 17.7 Å². The number of carboxylic acids is 1. The molecular weight excluding hydrogens is 235 g/mol. The van der Waals surface area contributed by atoms with Crippen LogP contribution in [0.2, 0.25) is 0 Å². The van der Waals surface area contributed by atoms with Gasteiger partial charge >= 0.3 is 5.97 Å². The van der Waals surface area contributed by atoms with Gasteiger partial charge in [-0.25, -0.2) is 4.39 Å². The topological polar surface area (TPSA) is 46.5 Å². The number of halogens is 1. The van der Waals surface area contributed by atoms with E-state index in [1.165, 1.54) is 25.5 Å². The number of carbonyl (C=O) groups is 1. The van der Waals surface area contributed by atoms with Crippen molar-refractivity contribution >= 4 is 5.97 Å². The molecule has 18 heavy (non-hydrogen) atoms. The van der Waals surface area contributed by atoms with E-state index in [0.29, 0.717) is 18.1 Å². The van der Waals surface area contributed by atoms with Crippen molar-refractivity contribution in [3.63, 3.8) is 0 Å². The SMILES string of the molecule is CC(C(=O)O)c1ccc(OCC2CCC2)c(F)c1. The number of rotatable bonds is 5. The molecule has 0 spiro atoms. The van der Waals surface area contributed by atoms with Crippen molar-refractivity contribution < 1.29 is 19.0 Å². The summed E-state index contributed by atoms with van der Waals surface area (Å²) in [6, 6.07) is 4.37. The first-order chi connectivity index (χ1) is 8.58. The van der Waals surface area contributed by atoms with Gasteiger partial charge in [0.1, 0.15) is 0 Å². The summed E-state index contributed by atoms with van der Waals surface area (Å²) >= 11 is 0. The van der Waals surface area contributed by atoms with E-state index in [2.05, 4.69) is 0 Å². The molecule has 4 heteroatoms. The van der Waals surface area contributed by atoms with E-state index in [1.54, 1.807) is 6.07 Å². The first-order valence-corrected chi connectivity index (χ1v) is 6.23. The van der Waals surface area contributed by atoms with Gasteiger partial charge in [-0.1, -0.05) is 12.5 Å². The van der Waals surface area contributed by atoms with Gasteiger partial charge in [0.25, 0.3) is 0 Å². The van der Waals surface area contributed by atoms with Crippen LogP contribution >= 0.6 is 0 Å². The Morgan fingerprint density at radius 2 is 2.28 bits per heavy atom. The quantitative estimate of drug-likeness (QED) is 0.875. The first-order valence-electron chi connectivity index (χ1n) is 6.23. The van der Waals surface area contributed by atoms with Crippen molar-refractivity contribution in [2.24, 2.45) is 5.92 Å². The van der Waals surface area contributed by atoms with E-state index in [1.807, 2.05) is 0 Å². The highest BCUT2D eigenvalue weighted by molar-refractivity contribution is 5.75. The van der Waals surface area contributed by atoms with Crippen LogP contribution in [0.3, 0.4) is 0 Å². The Balaban J connectivity index is 2.02. The lowest BCUT2D eigenvalue weighted by Crippen LogP contribution is -2.19. The van der Waals surface area contributed by atoms with Crippen LogP contribution in [0.4, 0.5) is 4.39 Å². The maximum atomic E-state index is 13.7. The van der Waals surface area contributed by atoms with Gasteiger partial charge in [-0.3, -0.25) is 4.79 Å². The molecule has 2 rings (SSSR count). The summed E-state index contributed by atoms with van der Waals surface area (Å²) in [5, 5.41) is 8.86. The average Bonchev–Trinajstić information content (AvgIpc) is 2.27. The zero-order valence-corrected chi connectivity index (χ0v) is 10.4. The lowest BCUT2D eigenvalue weighted by atomic mass is 9.86. The Hall–Kier alpha value is -1.58. The Labute approximate surface area is 106 Å². The van der Waals surface area contributed by atoms with E-state index in [0.717, 1.165) is 12.8 Å². The van der Waals surface area contributed by atoms with E-state index in [9.17, 15) is 9.18 Å². The van der Waals surface area contributed by atoms with E-state index in [-0.39, 0.29) is 5.75 Å². The van der Waals surface area contributed by atoms with Gasteiger partial charge in [-0.05, 0) is 43.4 Å². The Morgan fingerprint density at radius 1 is 1.56 bits per heavy atom. The van der Waals surface area contributed by atoms with Crippen LogP contribution in [0.1, 0.15) is 37.7 Å². The molecule has 1 unspecified atom stereocenters. The van der Waals surface area contributed by atoms with Gasteiger partial charge in [0.15, 0.2) is 11.6 Å². The Kier molecular flexibility index (Phi) is 3.84. The number of hydrogen-bond acceptors (Lipinski definition) is 2. The van der Waals surface area contributed by atoms with Gasteiger partial charge in [-0.2, -0.15) is 0 Å². The minimum absolute atomic E-state index is 0.211. The van der Waals surface area contributed by atoms with Gasteiger partial charge in [0.05, 0.1) is 12.5 Å². The first kappa shape index (κ1) is 12.9. The molecule has 0 radical (unpaired) electrons.